The van der Waals surface area contributed by atoms with Gasteiger partial charge in [-0.25, -0.2) is 9.59 Å². The molecular weight excluding hydrogens is 288 g/mol. The van der Waals surface area contributed by atoms with Crippen molar-refractivity contribution in [2.45, 2.75) is 45.4 Å². The van der Waals surface area contributed by atoms with Gasteiger partial charge >= 0.3 is 12.1 Å². The molecule has 0 aliphatic carbocycles. The number of ether oxygens (including phenoxy) is 2. The summed E-state index contributed by atoms with van der Waals surface area (Å²) in [6, 6.07) is 3.51. The van der Waals surface area contributed by atoms with Crippen LogP contribution in [0.1, 0.15) is 55.8 Å². The molecule has 0 saturated carbocycles. The van der Waals surface area contributed by atoms with Gasteiger partial charge in [0.2, 0.25) is 0 Å². The maximum Gasteiger partial charge on any atom is 0.513 e. The largest absolute Gasteiger partial charge is 0.513 e. The second-order valence-electron chi connectivity index (χ2n) is 4.95. The molecule has 122 valence electrons. The Morgan fingerprint density at radius 3 is 2.41 bits per heavy atom. The van der Waals surface area contributed by atoms with Crippen LogP contribution in [0.3, 0.4) is 0 Å². The molecule has 0 spiro atoms. The number of aromatic hydroxyl groups is 1. The van der Waals surface area contributed by atoms with Gasteiger partial charge in [-0.1, -0.05) is 39.0 Å². The Bertz CT molecular complexity index is 497. The van der Waals surface area contributed by atoms with Gasteiger partial charge in [0.1, 0.15) is 17.1 Å². The van der Waals surface area contributed by atoms with Crippen LogP contribution in [-0.2, 0) is 4.74 Å². The highest BCUT2D eigenvalue weighted by atomic mass is 16.7. The van der Waals surface area contributed by atoms with Gasteiger partial charge in [-0.05, 0) is 18.6 Å². The van der Waals surface area contributed by atoms with Crippen LogP contribution < -0.4 is 4.74 Å². The van der Waals surface area contributed by atoms with Crippen LogP contribution in [0.25, 0.3) is 0 Å². The maximum absolute atomic E-state index is 11.4. The zero-order valence-electron chi connectivity index (χ0n) is 12.7. The molecule has 1 aromatic rings. The third-order valence-corrected chi connectivity index (χ3v) is 3.12. The first kappa shape index (κ1) is 17.8. The Morgan fingerprint density at radius 1 is 1.09 bits per heavy atom. The fourth-order valence-corrected chi connectivity index (χ4v) is 1.92. The zero-order chi connectivity index (χ0) is 16.4. The Kier molecular flexibility index (Phi) is 7.81. The average Bonchev–Trinajstić information content (AvgIpc) is 2.46. The average molecular weight is 310 g/mol. The van der Waals surface area contributed by atoms with E-state index in [1.807, 2.05) is 0 Å². The minimum atomic E-state index is -1.25. The van der Waals surface area contributed by atoms with Crippen molar-refractivity contribution in [3.05, 3.63) is 23.8 Å². The molecule has 6 heteroatoms. The number of rotatable bonds is 9. The van der Waals surface area contributed by atoms with E-state index in [2.05, 4.69) is 6.92 Å². The molecule has 0 unspecified atom stereocenters. The summed E-state index contributed by atoms with van der Waals surface area (Å²) < 4.78 is 9.77. The third kappa shape index (κ3) is 6.47. The topological polar surface area (TPSA) is 93.1 Å². The SMILES string of the molecule is CCCCCCCCOC(=O)Oc1ccc(C(=O)O)c(O)c1. The van der Waals surface area contributed by atoms with E-state index < -0.39 is 17.9 Å². The minimum absolute atomic E-state index is 0.0374. The van der Waals surface area contributed by atoms with Crippen LogP contribution in [0.2, 0.25) is 0 Å². The molecule has 22 heavy (non-hydrogen) atoms. The van der Waals surface area contributed by atoms with Crippen molar-refractivity contribution in [3.63, 3.8) is 0 Å². The first-order valence-electron chi connectivity index (χ1n) is 7.45. The Hall–Kier alpha value is -2.24. The second kappa shape index (κ2) is 9.65. The lowest BCUT2D eigenvalue weighted by molar-refractivity contribution is 0.0693. The summed E-state index contributed by atoms with van der Waals surface area (Å²) in [5, 5.41) is 18.2. The molecule has 0 aliphatic heterocycles. The number of phenols is 1. The van der Waals surface area contributed by atoms with Crippen molar-refractivity contribution in [3.8, 4) is 11.5 Å². The normalized spacial score (nSPS) is 10.2. The predicted octanol–water partition coefficient (Wildman–Crippen LogP) is 3.97. The fraction of sp³-hybridized carbons (Fsp3) is 0.500. The summed E-state index contributed by atoms with van der Waals surface area (Å²) in [6.45, 7) is 2.43. The van der Waals surface area contributed by atoms with E-state index in [1.165, 1.54) is 25.3 Å². The van der Waals surface area contributed by atoms with Crippen molar-refractivity contribution in [1.29, 1.82) is 0 Å². The standard InChI is InChI=1S/C16H22O6/c1-2-3-4-5-6-7-10-21-16(20)22-12-8-9-13(15(18)19)14(17)11-12/h8-9,11,17H,2-7,10H2,1H3,(H,18,19). The Labute approximate surface area is 129 Å². The molecule has 1 rings (SSSR count). The number of unbranched alkanes of at least 4 members (excludes halogenated alkanes) is 5. The van der Waals surface area contributed by atoms with Crippen molar-refractivity contribution in [1.82, 2.24) is 0 Å². The Balaban J connectivity index is 2.28. The van der Waals surface area contributed by atoms with Crippen LogP contribution in [-0.4, -0.2) is 28.9 Å². The molecule has 0 saturated heterocycles. The van der Waals surface area contributed by atoms with Crippen LogP contribution >= 0.6 is 0 Å². The van der Waals surface area contributed by atoms with Gasteiger partial charge in [0.05, 0.1) is 6.61 Å². The first-order chi connectivity index (χ1) is 10.5. The van der Waals surface area contributed by atoms with Gasteiger partial charge in [-0.15, -0.1) is 0 Å². The molecular formula is C16H22O6. The van der Waals surface area contributed by atoms with Gasteiger partial charge in [-0.2, -0.15) is 0 Å². The van der Waals surface area contributed by atoms with Crippen LogP contribution in [0, 0.1) is 0 Å². The second-order valence-corrected chi connectivity index (χ2v) is 4.95. The highest BCUT2D eigenvalue weighted by molar-refractivity contribution is 5.91. The number of carbonyl (C=O) groups excluding carboxylic acids is 1. The lowest BCUT2D eigenvalue weighted by atomic mass is 10.1. The minimum Gasteiger partial charge on any atom is -0.507 e. The summed E-state index contributed by atoms with van der Waals surface area (Å²) >= 11 is 0. The summed E-state index contributed by atoms with van der Waals surface area (Å²) in [6.07, 6.45) is 5.64. The number of aromatic carboxylic acids is 1. The van der Waals surface area contributed by atoms with E-state index >= 15 is 0 Å². The number of hydrogen-bond acceptors (Lipinski definition) is 5. The summed E-state index contributed by atoms with van der Waals surface area (Å²) in [4.78, 5) is 22.2. The van der Waals surface area contributed by atoms with Crippen LogP contribution in [0.5, 0.6) is 11.5 Å². The lowest BCUT2D eigenvalue weighted by Crippen LogP contribution is -2.11. The lowest BCUT2D eigenvalue weighted by Gasteiger charge is -2.07. The quantitative estimate of drug-likeness (QED) is 0.407. The van der Waals surface area contributed by atoms with E-state index in [4.69, 9.17) is 14.6 Å². The molecule has 0 amide bonds. The van der Waals surface area contributed by atoms with Crippen molar-refractivity contribution >= 4 is 12.1 Å². The molecule has 1 aromatic carbocycles. The van der Waals surface area contributed by atoms with E-state index in [1.54, 1.807) is 0 Å². The van der Waals surface area contributed by atoms with E-state index in [0.717, 1.165) is 31.4 Å². The smallest absolute Gasteiger partial charge is 0.507 e. The number of carboxylic acid groups (broad SMARTS) is 1. The molecule has 0 aromatic heterocycles. The van der Waals surface area contributed by atoms with Gasteiger partial charge in [-0.3, -0.25) is 0 Å². The zero-order valence-corrected chi connectivity index (χ0v) is 12.7. The number of carboxylic acids is 1. The van der Waals surface area contributed by atoms with Crippen LogP contribution in [0.15, 0.2) is 18.2 Å². The fourth-order valence-electron chi connectivity index (χ4n) is 1.92. The van der Waals surface area contributed by atoms with E-state index in [-0.39, 0.29) is 17.9 Å². The number of benzene rings is 1. The molecule has 0 fully saturated rings. The monoisotopic (exact) mass is 310 g/mol. The molecule has 6 nitrogen and oxygen atoms in total. The molecule has 0 atom stereocenters. The van der Waals surface area contributed by atoms with Crippen molar-refractivity contribution in [2.24, 2.45) is 0 Å². The van der Waals surface area contributed by atoms with E-state index in [0.29, 0.717) is 0 Å². The Morgan fingerprint density at radius 2 is 1.77 bits per heavy atom. The molecule has 0 aliphatic rings. The van der Waals surface area contributed by atoms with Gasteiger partial charge in [0.25, 0.3) is 0 Å². The van der Waals surface area contributed by atoms with Crippen LogP contribution in [0.4, 0.5) is 4.79 Å². The highest BCUT2D eigenvalue weighted by Gasteiger charge is 2.12. The van der Waals surface area contributed by atoms with Gasteiger partial charge in [0, 0.05) is 6.07 Å². The maximum atomic E-state index is 11.4. The van der Waals surface area contributed by atoms with Gasteiger partial charge < -0.3 is 19.7 Å². The molecule has 0 bridgehead atoms. The number of hydrogen-bond donors (Lipinski definition) is 2. The summed E-state index contributed by atoms with van der Waals surface area (Å²) in [7, 11) is 0. The third-order valence-electron chi connectivity index (χ3n) is 3.12. The predicted molar refractivity (Wildman–Crippen MR) is 80.4 cm³/mol. The molecule has 0 heterocycles. The summed E-state index contributed by atoms with van der Waals surface area (Å²) in [5.74, 6) is -1.68. The first-order valence-corrected chi connectivity index (χ1v) is 7.45. The van der Waals surface area contributed by atoms with Crippen molar-refractivity contribution < 1.29 is 29.3 Å². The molecule has 0 radical (unpaired) electrons. The van der Waals surface area contributed by atoms with Crippen molar-refractivity contribution in [2.75, 3.05) is 6.61 Å². The highest BCUT2D eigenvalue weighted by Crippen LogP contribution is 2.23. The van der Waals surface area contributed by atoms with E-state index in [9.17, 15) is 14.7 Å². The summed E-state index contributed by atoms with van der Waals surface area (Å²) in [5.41, 5.74) is -0.257. The molecule has 2 N–H and O–H groups in total. The van der Waals surface area contributed by atoms with Gasteiger partial charge in [0.15, 0.2) is 0 Å². The number of carbonyl (C=O) groups is 2.